The van der Waals surface area contributed by atoms with Crippen molar-refractivity contribution in [1.29, 1.82) is 0 Å². The number of rotatable bonds is 0. The molecule has 0 aromatic carbocycles. The molecule has 0 saturated heterocycles. The summed E-state index contributed by atoms with van der Waals surface area (Å²) >= 11 is 0. The van der Waals surface area contributed by atoms with Gasteiger partial charge in [0.15, 0.2) is 0 Å². The van der Waals surface area contributed by atoms with Gasteiger partial charge in [-0.1, -0.05) is 0 Å². The summed E-state index contributed by atoms with van der Waals surface area (Å²) in [5.41, 5.74) is 0. The second-order valence-electron chi connectivity index (χ2n) is 0.143. The van der Waals surface area contributed by atoms with Crippen LogP contribution >= 0.6 is 30.4 Å². The fraction of sp³-hybridized carbons (Fsp3) is 0. The van der Waals surface area contributed by atoms with Crippen LogP contribution in [0, 0.1) is 0 Å². The molecule has 0 fully saturated rings. The smallest absolute Gasteiger partial charge is 0 e. The van der Waals surface area contributed by atoms with Crippen molar-refractivity contribution in [3.8, 4) is 0 Å². The molecule has 0 aliphatic carbocycles. The predicted molar refractivity (Wildman–Crippen MR) is 17.6 cm³/mol. The van der Waals surface area contributed by atoms with E-state index in [1.54, 1.807) is 0 Å². The van der Waals surface area contributed by atoms with E-state index in [4.69, 9.17) is 30.4 Å². The van der Waals surface area contributed by atoms with Gasteiger partial charge in [-0.3, -0.25) is 0 Å². The Bertz CT molecular complexity index is 11.6. The molecule has 0 nitrogen and oxygen atoms in total. The zero-order chi connectivity index (χ0) is 3.58. The van der Waals surface area contributed by atoms with E-state index in [0.29, 0.717) is 0 Å². The van der Waals surface area contributed by atoms with Crippen molar-refractivity contribution < 1.29 is 27.4 Å². The van der Waals surface area contributed by atoms with E-state index >= 15 is 0 Å². The van der Waals surface area contributed by atoms with Crippen LogP contribution in [0.3, 0.4) is 0 Å². The molecule has 0 aromatic rings. The topological polar surface area (TPSA) is 0 Å². The molecule has 0 aliphatic heterocycles. The Hall–Kier alpha value is 1.87. The molecule has 0 amide bonds. The SMILES string of the molecule is [Cl][Co]([Cl])[Cl].[Ni]. The third-order valence-electron chi connectivity index (χ3n) is 0. The van der Waals surface area contributed by atoms with E-state index < -0.39 is 10.9 Å². The van der Waals surface area contributed by atoms with E-state index in [1.807, 2.05) is 0 Å². The zero-order valence-corrected chi connectivity index (χ0v) is 6.08. The van der Waals surface area contributed by atoms with Crippen molar-refractivity contribution in [3.05, 3.63) is 0 Å². The number of halogens is 3. The summed E-state index contributed by atoms with van der Waals surface area (Å²) < 4.78 is 0. The van der Waals surface area contributed by atoms with Gasteiger partial charge in [-0.15, -0.1) is 0 Å². The molecule has 5 heavy (non-hydrogen) atoms. The molecule has 0 spiro atoms. The van der Waals surface area contributed by atoms with Crippen LogP contribution in [0.2, 0.25) is 0 Å². The second kappa shape index (κ2) is 5.87. The van der Waals surface area contributed by atoms with Crippen LogP contribution in [0.25, 0.3) is 0 Å². The summed E-state index contributed by atoms with van der Waals surface area (Å²) in [7, 11) is 13.4. The summed E-state index contributed by atoms with van der Waals surface area (Å²) in [6, 6.07) is 0. The molecule has 0 atom stereocenters. The van der Waals surface area contributed by atoms with Crippen LogP contribution in [0.4, 0.5) is 0 Å². The van der Waals surface area contributed by atoms with Crippen LogP contribution in [-0.4, -0.2) is 0 Å². The van der Waals surface area contributed by atoms with Crippen molar-refractivity contribution in [2.75, 3.05) is 0 Å². The standard InChI is InChI=1S/3ClH.Co.Ni/h3*1H;;/q;;;+3;/p-3. The maximum atomic E-state index is 4.87. The van der Waals surface area contributed by atoms with E-state index in [-0.39, 0.29) is 16.5 Å². The summed E-state index contributed by atoms with van der Waals surface area (Å²) in [6.45, 7) is 0. The van der Waals surface area contributed by atoms with Gasteiger partial charge in [0.2, 0.25) is 0 Å². The van der Waals surface area contributed by atoms with Crippen molar-refractivity contribution in [2.24, 2.45) is 0 Å². The molecule has 0 N–H and O–H groups in total. The van der Waals surface area contributed by atoms with Crippen LogP contribution in [-0.2, 0) is 27.4 Å². The third kappa shape index (κ3) is 25.1. The molecule has 0 radical (unpaired) electrons. The first-order valence-electron chi connectivity index (χ1n) is 0.378. The van der Waals surface area contributed by atoms with E-state index in [9.17, 15) is 0 Å². The van der Waals surface area contributed by atoms with Crippen molar-refractivity contribution in [1.82, 2.24) is 0 Å². The fourth-order valence-electron chi connectivity index (χ4n) is 0. The third-order valence-corrected chi connectivity index (χ3v) is 0. The molecular formula is Cl3CoNi. The normalized spacial score (nSPS) is 9.00. The van der Waals surface area contributed by atoms with E-state index in [2.05, 4.69) is 0 Å². The first-order valence-corrected chi connectivity index (χ1v) is 4.68. The summed E-state index contributed by atoms with van der Waals surface area (Å²) in [4.78, 5) is 0. The average molecular weight is 224 g/mol. The van der Waals surface area contributed by atoms with Gasteiger partial charge in [-0.2, -0.15) is 0 Å². The van der Waals surface area contributed by atoms with Crippen LogP contribution in [0.5, 0.6) is 0 Å². The Labute approximate surface area is 57.6 Å². The fourth-order valence-corrected chi connectivity index (χ4v) is 0. The Morgan fingerprint density at radius 3 is 1.00 bits per heavy atom. The van der Waals surface area contributed by atoms with Gasteiger partial charge in [0, 0.05) is 16.5 Å². The Morgan fingerprint density at radius 2 is 1.00 bits per heavy atom. The van der Waals surface area contributed by atoms with Gasteiger partial charge in [0.1, 0.15) is 0 Å². The predicted octanol–water partition coefficient (Wildman–Crippen LogP) is 2.06. The minimum atomic E-state index is -1.19. The van der Waals surface area contributed by atoms with Gasteiger partial charge >= 0.3 is 41.4 Å². The second-order valence-corrected chi connectivity index (χ2v) is 5.30. The zero-order valence-electron chi connectivity index (χ0n) is 1.78. The van der Waals surface area contributed by atoms with Gasteiger partial charge in [0.25, 0.3) is 0 Å². The quantitative estimate of drug-likeness (QED) is 0.552. The maximum Gasteiger partial charge on any atom is 0 e. The van der Waals surface area contributed by atoms with E-state index in [0.717, 1.165) is 0 Å². The molecule has 0 aliphatic rings. The van der Waals surface area contributed by atoms with Gasteiger partial charge in [0.05, 0.1) is 0 Å². The summed E-state index contributed by atoms with van der Waals surface area (Å²) in [6.07, 6.45) is 0. The number of hydrogen-bond donors (Lipinski definition) is 0. The van der Waals surface area contributed by atoms with Crippen molar-refractivity contribution in [2.45, 2.75) is 0 Å². The molecule has 0 saturated carbocycles. The monoisotopic (exact) mass is 222 g/mol. The first kappa shape index (κ1) is 9.98. The summed E-state index contributed by atoms with van der Waals surface area (Å²) in [5.74, 6) is 0. The van der Waals surface area contributed by atoms with Crippen LogP contribution < -0.4 is 0 Å². The van der Waals surface area contributed by atoms with Crippen LogP contribution in [0.15, 0.2) is 0 Å². The minimum Gasteiger partial charge on any atom is 0 e. The molecule has 0 rings (SSSR count). The largest absolute Gasteiger partial charge is 0 e. The van der Waals surface area contributed by atoms with E-state index in [1.165, 1.54) is 0 Å². The molecule has 0 unspecified atom stereocenters. The number of hydrogen-bond acceptors (Lipinski definition) is 0. The van der Waals surface area contributed by atoms with Crippen molar-refractivity contribution in [3.63, 3.8) is 0 Å². The van der Waals surface area contributed by atoms with Gasteiger partial charge in [-0.05, 0) is 0 Å². The molecule has 5 heteroatoms. The maximum absolute atomic E-state index is 4.87. The Balaban J connectivity index is 0. The Kier molecular flexibility index (Phi) is 11.7. The Morgan fingerprint density at radius 1 is 1.00 bits per heavy atom. The van der Waals surface area contributed by atoms with Crippen LogP contribution in [0.1, 0.15) is 0 Å². The van der Waals surface area contributed by atoms with Gasteiger partial charge < -0.3 is 0 Å². The molecule has 0 aromatic heterocycles. The molecule has 0 bridgehead atoms. The van der Waals surface area contributed by atoms with Crippen molar-refractivity contribution >= 4 is 30.4 Å². The molecule has 40 valence electrons. The molecular weight excluding hydrogens is 224 g/mol. The van der Waals surface area contributed by atoms with Gasteiger partial charge in [-0.25, -0.2) is 0 Å². The minimum absolute atomic E-state index is 0. The summed E-state index contributed by atoms with van der Waals surface area (Å²) in [5, 5.41) is 0. The average Bonchev–Trinajstić information content (AvgIpc) is 0.811. The molecule has 0 heterocycles. The first-order chi connectivity index (χ1) is 1.73.